The summed E-state index contributed by atoms with van der Waals surface area (Å²) in [6.07, 6.45) is 0.192. The smallest absolute Gasteiger partial charge is 0.0837 e. The molecule has 2 nitrogen and oxygen atoms in total. The van der Waals surface area contributed by atoms with Gasteiger partial charge in [0.25, 0.3) is 0 Å². The van der Waals surface area contributed by atoms with Crippen molar-refractivity contribution in [2.75, 3.05) is 13.1 Å². The van der Waals surface area contributed by atoms with Crippen molar-refractivity contribution in [1.82, 2.24) is 4.90 Å². The molecule has 1 fully saturated rings. The van der Waals surface area contributed by atoms with Crippen LogP contribution in [0.3, 0.4) is 0 Å². The molecule has 0 unspecified atom stereocenters. The summed E-state index contributed by atoms with van der Waals surface area (Å²) >= 11 is 3.91. The van der Waals surface area contributed by atoms with Crippen molar-refractivity contribution in [1.29, 1.82) is 0 Å². The molecule has 0 radical (unpaired) electrons. The lowest BCUT2D eigenvalue weighted by Crippen LogP contribution is -2.54. The lowest BCUT2D eigenvalue weighted by molar-refractivity contribution is -0.0438. The molecule has 2 aromatic rings. The number of halogens is 1. The van der Waals surface area contributed by atoms with E-state index in [1.807, 2.05) is 6.07 Å². The first-order valence-corrected chi connectivity index (χ1v) is 9.52. The van der Waals surface area contributed by atoms with Crippen LogP contribution in [-0.2, 0) is 17.9 Å². The van der Waals surface area contributed by atoms with Gasteiger partial charge in [0.2, 0.25) is 0 Å². The minimum absolute atomic E-state index is 0.175. The van der Waals surface area contributed by atoms with Crippen molar-refractivity contribution >= 4 is 15.9 Å². The van der Waals surface area contributed by atoms with E-state index in [-0.39, 0.29) is 11.5 Å². The number of ether oxygens (including phenoxy) is 1. The van der Waals surface area contributed by atoms with Gasteiger partial charge in [-0.3, -0.25) is 4.90 Å². The van der Waals surface area contributed by atoms with E-state index in [0.717, 1.165) is 19.6 Å². The van der Waals surface area contributed by atoms with E-state index in [4.69, 9.17) is 4.74 Å². The van der Waals surface area contributed by atoms with Crippen molar-refractivity contribution in [2.45, 2.75) is 37.9 Å². The molecule has 0 bridgehead atoms. The van der Waals surface area contributed by atoms with Crippen LogP contribution < -0.4 is 0 Å². The van der Waals surface area contributed by atoms with Gasteiger partial charge in [-0.15, -0.1) is 0 Å². The summed E-state index contributed by atoms with van der Waals surface area (Å²) in [6.45, 7) is 8.33. The second kappa shape index (κ2) is 7.81. The van der Waals surface area contributed by atoms with Crippen LogP contribution >= 0.6 is 15.9 Å². The van der Waals surface area contributed by atoms with Crippen molar-refractivity contribution in [3.05, 3.63) is 71.8 Å². The van der Waals surface area contributed by atoms with Gasteiger partial charge in [-0.25, -0.2) is 0 Å². The van der Waals surface area contributed by atoms with E-state index in [9.17, 15) is 0 Å². The molecule has 1 heterocycles. The SMILES string of the molecule is CC1(C)CN(Cc2ccccc2)C[C@@H](OCc2ccccc2)[C@H]1Br. The quantitative estimate of drug-likeness (QED) is 0.677. The highest BCUT2D eigenvalue weighted by Gasteiger charge is 2.41. The highest BCUT2D eigenvalue weighted by molar-refractivity contribution is 9.09. The third-order valence-corrected chi connectivity index (χ3v) is 6.53. The van der Waals surface area contributed by atoms with Gasteiger partial charge in [0.15, 0.2) is 0 Å². The van der Waals surface area contributed by atoms with Crippen LogP contribution in [0, 0.1) is 5.41 Å². The highest BCUT2D eigenvalue weighted by atomic mass is 79.9. The molecule has 3 heteroatoms. The van der Waals surface area contributed by atoms with Gasteiger partial charge in [-0.1, -0.05) is 90.4 Å². The van der Waals surface area contributed by atoms with Gasteiger partial charge in [0.1, 0.15) is 0 Å². The predicted octanol–water partition coefficient (Wildman–Crippen LogP) is 4.88. The average Bonchev–Trinajstić information content (AvgIpc) is 2.58. The number of nitrogens with zero attached hydrogens (tertiary/aromatic N) is 1. The Morgan fingerprint density at radius 3 is 2.21 bits per heavy atom. The monoisotopic (exact) mass is 387 g/mol. The van der Waals surface area contributed by atoms with Crippen LogP contribution in [0.25, 0.3) is 0 Å². The number of hydrogen-bond donors (Lipinski definition) is 0. The summed E-state index contributed by atoms with van der Waals surface area (Å²) in [5.74, 6) is 0. The number of alkyl halides is 1. The molecule has 0 aliphatic carbocycles. The number of likely N-dealkylation sites (tertiary alicyclic amines) is 1. The largest absolute Gasteiger partial charge is 0.371 e. The Balaban J connectivity index is 1.66. The molecule has 1 aliphatic rings. The van der Waals surface area contributed by atoms with Crippen LogP contribution in [-0.4, -0.2) is 28.9 Å². The Hall–Kier alpha value is -1.16. The Bertz CT molecular complexity index is 629. The first-order valence-electron chi connectivity index (χ1n) is 8.60. The van der Waals surface area contributed by atoms with Crippen LogP contribution in [0.4, 0.5) is 0 Å². The molecular formula is C21H26BrNO. The molecule has 1 aliphatic heterocycles. The molecule has 0 spiro atoms. The van der Waals surface area contributed by atoms with Crippen LogP contribution in [0.15, 0.2) is 60.7 Å². The van der Waals surface area contributed by atoms with E-state index in [2.05, 4.69) is 89.3 Å². The van der Waals surface area contributed by atoms with E-state index < -0.39 is 0 Å². The fourth-order valence-corrected chi connectivity index (χ4v) is 3.92. The van der Waals surface area contributed by atoms with E-state index in [1.165, 1.54) is 11.1 Å². The predicted molar refractivity (Wildman–Crippen MR) is 103 cm³/mol. The van der Waals surface area contributed by atoms with Crippen LogP contribution in [0.2, 0.25) is 0 Å². The van der Waals surface area contributed by atoms with Gasteiger partial charge < -0.3 is 4.74 Å². The maximum Gasteiger partial charge on any atom is 0.0837 e. The van der Waals surface area contributed by atoms with E-state index in [0.29, 0.717) is 11.4 Å². The maximum absolute atomic E-state index is 6.30. The van der Waals surface area contributed by atoms with Crippen molar-refractivity contribution in [3.8, 4) is 0 Å². The Morgan fingerprint density at radius 1 is 1.00 bits per heavy atom. The van der Waals surface area contributed by atoms with Gasteiger partial charge in [-0.05, 0) is 16.5 Å². The second-order valence-corrected chi connectivity index (χ2v) is 8.37. The van der Waals surface area contributed by atoms with Gasteiger partial charge in [0, 0.05) is 24.5 Å². The summed E-state index contributed by atoms with van der Waals surface area (Å²) in [5, 5.41) is 0. The standard InChI is InChI=1S/C21H26BrNO/c1-21(2)16-23(13-17-9-5-3-6-10-17)14-19(20(21)22)24-15-18-11-7-4-8-12-18/h3-12,19-20H,13-16H2,1-2H3/t19-,20-/m1/s1. The fraction of sp³-hybridized carbons (Fsp3) is 0.429. The number of benzene rings is 2. The lowest BCUT2D eigenvalue weighted by Gasteiger charge is -2.46. The molecule has 0 N–H and O–H groups in total. The van der Waals surface area contributed by atoms with Crippen LogP contribution in [0.1, 0.15) is 25.0 Å². The second-order valence-electron chi connectivity index (χ2n) is 7.38. The van der Waals surface area contributed by atoms with Crippen molar-refractivity contribution < 1.29 is 4.74 Å². The number of piperidine rings is 1. The number of rotatable bonds is 5. The average molecular weight is 388 g/mol. The minimum atomic E-state index is 0.175. The zero-order valence-corrected chi connectivity index (χ0v) is 16.1. The Morgan fingerprint density at radius 2 is 1.58 bits per heavy atom. The minimum Gasteiger partial charge on any atom is -0.371 e. The van der Waals surface area contributed by atoms with Crippen molar-refractivity contribution in [2.24, 2.45) is 5.41 Å². The summed E-state index contributed by atoms with van der Waals surface area (Å²) in [4.78, 5) is 2.88. The van der Waals surface area contributed by atoms with E-state index >= 15 is 0 Å². The summed E-state index contributed by atoms with van der Waals surface area (Å²) < 4.78 is 6.30. The third-order valence-electron chi connectivity index (χ3n) is 4.70. The molecular weight excluding hydrogens is 362 g/mol. The maximum atomic E-state index is 6.30. The highest BCUT2D eigenvalue weighted by Crippen LogP contribution is 2.37. The van der Waals surface area contributed by atoms with Gasteiger partial charge in [0.05, 0.1) is 12.7 Å². The topological polar surface area (TPSA) is 12.5 Å². The molecule has 2 atom stereocenters. The summed E-state index contributed by atoms with van der Waals surface area (Å²) in [5.41, 5.74) is 2.77. The normalized spacial score (nSPS) is 24.0. The molecule has 0 saturated carbocycles. The molecule has 3 rings (SSSR count). The fourth-order valence-electron chi connectivity index (χ4n) is 3.46. The summed E-state index contributed by atoms with van der Waals surface area (Å²) in [7, 11) is 0. The Labute approximate surface area is 154 Å². The number of hydrogen-bond acceptors (Lipinski definition) is 2. The zero-order valence-electron chi connectivity index (χ0n) is 14.5. The van der Waals surface area contributed by atoms with Crippen molar-refractivity contribution in [3.63, 3.8) is 0 Å². The van der Waals surface area contributed by atoms with E-state index in [1.54, 1.807) is 0 Å². The van der Waals surface area contributed by atoms with Crippen LogP contribution in [0.5, 0.6) is 0 Å². The third kappa shape index (κ3) is 4.47. The van der Waals surface area contributed by atoms with Gasteiger partial charge in [-0.2, -0.15) is 0 Å². The first kappa shape index (κ1) is 17.7. The molecule has 2 aromatic carbocycles. The molecule has 0 amide bonds. The summed E-state index contributed by atoms with van der Waals surface area (Å²) in [6, 6.07) is 21.1. The van der Waals surface area contributed by atoms with Gasteiger partial charge >= 0.3 is 0 Å². The molecule has 128 valence electrons. The lowest BCUT2D eigenvalue weighted by atomic mass is 9.82. The Kier molecular flexibility index (Phi) is 5.75. The first-order chi connectivity index (χ1) is 11.5. The zero-order chi connectivity index (χ0) is 17.0. The molecule has 24 heavy (non-hydrogen) atoms. The molecule has 1 saturated heterocycles. The molecule has 0 aromatic heterocycles.